The van der Waals surface area contributed by atoms with Crippen LogP contribution >= 0.6 is 0 Å². The molecule has 0 spiro atoms. The van der Waals surface area contributed by atoms with Crippen molar-refractivity contribution in [1.82, 2.24) is 19.7 Å². The molecular formula is C21H29N5O. The summed E-state index contributed by atoms with van der Waals surface area (Å²) in [7, 11) is 0. The lowest BCUT2D eigenvalue weighted by Gasteiger charge is -2.39. The van der Waals surface area contributed by atoms with Crippen LogP contribution in [0.3, 0.4) is 0 Å². The fourth-order valence-corrected chi connectivity index (χ4v) is 4.34. The fraction of sp³-hybridized carbons (Fsp3) is 0.619. The van der Waals surface area contributed by atoms with Crippen molar-refractivity contribution in [2.75, 3.05) is 13.1 Å². The van der Waals surface area contributed by atoms with Crippen molar-refractivity contribution in [3.63, 3.8) is 0 Å². The van der Waals surface area contributed by atoms with E-state index in [0.717, 1.165) is 50.5 Å². The Hall–Kier alpha value is -1.92. The zero-order valence-corrected chi connectivity index (χ0v) is 16.1. The Kier molecular flexibility index (Phi) is 4.40. The van der Waals surface area contributed by atoms with Crippen LogP contribution < -0.4 is 10.5 Å². The molecule has 2 saturated carbocycles. The van der Waals surface area contributed by atoms with E-state index in [1.54, 1.807) is 0 Å². The van der Waals surface area contributed by atoms with Gasteiger partial charge in [-0.05, 0) is 43.7 Å². The molecule has 0 amide bonds. The summed E-state index contributed by atoms with van der Waals surface area (Å²) in [5, 5.41) is 9.11. The van der Waals surface area contributed by atoms with Crippen molar-refractivity contribution in [1.29, 1.82) is 0 Å². The van der Waals surface area contributed by atoms with Crippen LogP contribution in [0, 0.1) is 0 Å². The summed E-state index contributed by atoms with van der Waals surface area (Å²) < 4.78 is 8.64. The Bertz CT molecular complexity index is 803. The molecule has 6 heteroatoms. The lowest BCUT2D eigenvalue weighted by Crippen LogP contribution is -2.53. The maximum absolute atomic E-state index is 6.21. The third-order valence-electron chi connectivity index (χ3n) is 6.18. The third kappa shape index (κ3) is 3.36. The molecule has 0 radical (unpaired) electrons. The number of ether oxygens (including phenoxy) is 1. The van der Waals surface area contributed by atoms with Crippen LogP contribution in [0.2, 0.25) is 0 Å². The predicted molar refractivity (Wildman–Crippen MR) is 104 cm³/mol. The molecule has 0 unspecified atom stereocenters. The van der Waals surface area contributed by atoms with Gasteiger partial charge < -0.3 is 15.0 Å². The van der Waals surface area contributed by atoms with Crippen molar-refractivity contribution in [2.24, 2.45) is 5.73 Å². The highest BCUT2D eigenvalue weighted by atomic mass is 16.5. The second kappa shape index (κ2) is 6.91. The summed E-state index contributed by atoms with van der Waals surface area (Å²) in [6.07, 6.45) is 5.92. The Labute approximate surface area is 160 Å². The van der Waals surface area contributed by atoms with E-state index in [1.165, 1.54) is 24.2 Å². The van der Waals surface area contributed by atoms with Gasteiger partial charge in [0.15, 0.2) is 0 Å². The zero-order valence-electron chi connectivity index (χ0n) is 16.1. The van der Waals surface area contributed by atoms with Crippen LogP contribution in [-0.4, -0.2) is 44.9 Å². The molecule has 3 fully saturated rings. The normalized spacial score (nSPS) is 25.9. The van der Waals surface area contributed by atoms with Gasteiger partial charge in [-0.2, -0.15) is 0 Å². The molecule has 0 atom stereocenters. The average molecular weight is 367 g/mol. The van der Waals surface area contributed by atoms with Gasteiger partial charge in [-0.1, -0.05) is 25.1 Å². The number of nitrogens with two attached hydrogens (primary N) is 1. The summed E-state index contributed by atoms with van der Waals surface area (Å²) in [6, 6.07) is 9.33. The average Bonchev–Trinajstić information content (AvgIpc) is 3.38. The SMILES string of the molecule is CCc1ccccc1OC1CN(Cc2nnc(C3CC(N)C3)n2C2CC2)C1. The summed E-state index contributed by atoms with van der Waals surface area (Å²) >= 11 is 0. The van der Waals surface area contributed by atoms with E-state index >= 15 is 0 Å². The van der Waals surface area contributed by atoms with E-state index in [0.29, 0.717) is 18.0 Å². The molecule has 27 heavy (non-hydrogen) atoms. The Morgan fingerprint density at radius 1 is 1.15 bits per heavy atom. The number of likely N-dealkylation sites (tertiary alicyclic amines) is 1. The van der Waals surface area contributed by atoms with Gasteiger partial charge in [0.2, 0.25) is 0 Å². The molecular weight excluding hydrogens is 338 g/mol. The quantitative estimate of drug-likeness (QED) is 0.815. The molecule has 2 heterocycles. The van der Waals surface area contributed by atoms with Crippen LogP contribution in [0.1, 0.15) is 61.8 Å². The zero-order chi connectivity index (χ0) is 18.4. The predicted octanol–water partition coefficient (Wildman–Crippen LogP) is 2.64. The van der Waals surface area contributed by atoms with E-state index in [1.807, 2.05) is 0 Å². The van der Waals surface area contributed by atoms with Gasteiger partial charge in [0.05, 0.1) is 6.54 Å². The van der Waals surface area contributed by atoms with E-state index in [9.17, 15) is 0 Å². The first-order valence-electron chi connectivity index (χ1n) is 10.4. The van der Waals surface area contributed by atoms with Crippen molar-refractivity contribution in [3.05, 3.63) is 41.5 Å². The van der Waals surface area contributed by atoms with Crippen molar-refractivity contribution < 1.29 is 4.74 Å². The van der Waals surface area contributed by atoms with Gasteiger partial charge >= 0.3 is 0 Å². The minimum atomic E-state index is 0.277. The number of benzene rings is 1. The number of aromatic nitrogens is 3. The van der Waals surface area contributed by atoms with Gasteiger partial charge in [0, 0.05) is 31.1 Å². The first-order valence-corrected chi connectivity index (χ1v) is 10.4. The Balaban J connectivity index is 1.20. The maximum Gasteiger partial charge on any atom is 0.147 e. The Morgan fingerprint density at radius 2 is 1.93 bits per heavy atom. The highest BCUT2D eigenvalue weighted by molar-refractivity contribution is 5.33. The minimum absolute atomic E-state index is 0.277. The largest absolute Gasteiger partial charge is 0.487 e. The third-order valence-corrected chi connectivity index (χ3v) is 6.18. The highest BCUT2D eigenvalue weighted by Gasteiger charge is 2.38. The molecule has 3 aliphatic rings. The van der Waals surface area contributed by atoms with E-state index in [4.69, 9.17) is 10.5 Å². The summed E-state index contributed by atoms with van der Waals surface area (Å²) in [5.74, 6) is 3.86. The van der Waals surface area contributed by atoms with Gasteiger partial charge in [-0.3, -0.25) is 4.90 Å². The van der Waals surface area contributed by atoms with Gasteiger partial charge in [0.1, 0.15) is 23.5 Å². The standard InChI is InChI=1S/C21H29N5O/c1-2-14-5-3-4-6-19(14)27-18-11-25(12-18)13-20-23-24-21(15-9-16(22)10-15)26(20)17-7-8-17/h3-6,15-18H,2,7-13,22H2,1H3. The van der Waals surface area contributed by atoms with Crippen molar-refractivity contribution >= 4 is 0 Å². The summed E-state index contributed by atoms with van der Waals surface area (Å²) in [5.41, 5.74) is 7.27. The van der Waals surface area contributed by atoms with Crippen LogP contribution in [0.4, 0.5) is 0 Å². The Morgan fingerprint density at radius 3 is 2.63 bits per heavy atom. The molecule has 6 nitrogen and oxygen atoms in total. The topological polar surface area (TPSA) is 69.2 Å². The molecule has 1 aromatic heterocycles. The van der Waals surface area contributed by atoms with Crippen molar-refractivity contribution in [3.8, 4) is 5.75 Å². The second-order valence-corrected chi connectivity index (χ2v) is 8.40. The van der Waals surface area contributed by atoms with Crippen LogP contribution in [0.5, 0.6) is 5.75 Å². The fourth-order valence-electron chi connectivity index (χ4n) is 4.34. The number of hydrogen-bond acceptors (Lipinski definition) is 5. The highest BCUT2D eigenvalue weighted by Crippen LogP contribution is 2.42. The number of hydrogen-bond donors (Lipinski definition) is 1. The van der Waals surface area contributed by atoms with Gasteiger partial charge in [-0.25, -0.2) is 0 Å². The smallest absolute Gasteiger partial charge is 0.147 e. The molecule has 5 rings (SSSR count). The lowest BCUT2D eigenvalue weighted by molar-refractivity contribution is 0.0117. The molecule has 1 aromatic carbocycles. The molecule has 2 aliphatic carbocycles. The van der Waals surface area contributed by atoms with Crippen LogP contribution in [0.15, 0.2) is 24.3 Å². The molecule has 144 valence electrons. The first kappa shape index (κ1) is 17.2. The molecule has 1 aliphatic heterocycles. The maximum atomic E-state index is 6.21. The minimum Gasteiger partial charge on any atom is -0.487 e. The van der Waals surface area contributed by atoms with Crippen molar-refractivity contribution in [2.45, 2.75) is 69.7 Å². The monoisotopic (exact) mass is 367 g/mol. The van der Waals surface area contributed by atoms with Gasteiger partial charge in [-0.15, -0.1) is 10.2 Å². The van der Waals surface area contributed by atoms with Crippen LogP contribution in [0.25, 0.3) is 0 Å². The molecule has 1 saturated heterocycles. The van der Waals surface area contributed by atoms with E-state index in [2.05, 4.69) is 50.9 Å². The van der Waals surface area contributed by atoms with Crippen LogP contribution in [-0.2, 0) is 13.0 Å². The summed E-state index contributed by atoms with van der Waals surface area (Å²) in [6.45, 7) is 4.96. The second-order valence-electron chi connectivity index (χ2n) is 8.40. The number of nitrogens with zero attached hydrogens (tertiary/aromatic N) is 4. The van der Waals surface area contributed by atoms with Gasteiger partial charge in [0.25, 0.3) is 0 Å². The number of para-hydroxylation sites is 1. The van der Waals surface area contributed by atoms with E-state index in [-0.39, 0.29) is 6.10 Å². The molecule has 2 N–H and O–H groups in total. The number of rotatable bonds is 7. The number of aryl methyl sites for hydroxylation is 1. The first-order chi connectivity index (χ1) is 13.2. The van der Waals surface area contributed by atoms with E-state index < -0.39 is 0 Å². The summed E-state index contributed by atoms with van der Waals surface area (Å²) in [4.78, 5) is 2.42. The molecule has 2 aromatic rings. The lowest BCUT2D eigenvalue weighted by atomic mass is 9.80. The molecule has 0 bridgehead atoms.